The molecule has 0 fully saturated rings. The Kier molecular flexibility index (Phi) is 3.40. The second-order valence-electron chi connectivity index (χ2n) is 3.08. The molecule has 0 aliphatic heterocycles. The molecule has 0 saturated heterocycles. The summed E-state index contributed by atoms with van der Waals surface area (Å²) in [6.07, 6.45) is -2.28. The van der Waals surface area contributed by atoms with Crippen LogP contribution >= 0.6 is 0 Å². The molecule has 0 bridgehead atoms. The van der Waals surface area contributed by atoms with Crippen molar-refractivity contribution in [1.82, 2.24) is 4.98 Å². The van der Waals surface area contributed by atoms with Crippen molar-refractivity contribution in [3.8, 4) is 6.07 Å². The number of carbonyl (C=O) groups excluding carboxylic acids is 1. The number of aromatic amines is 1. The number of aromatic nitrogens is 1. The highest BCUT2D eigenvalue weighted by Crippen LogP contribution is 2.15. The van der Waals surface area contributed by atoms with Gasteiger partial charge < -0.3 is 20.9 Å². The van der Waals surface area contributed by atoms with Gasteiger partial charge in [-0.2, -0.15) is 5.26 Å². The lowest BCUT2D eigenvalue weighted by Crippen LogP contribution is -2.34. The number of nitriles is 1. The summed E-state index contributed by atoms with van der Waals surface area (Å²) in [6.45, 7) is 0. The van der Waals surface area contributed by atoms with Crippen LogP contribution in [0.5, 0.6) is 0 Å². The fourth-order valence-corrected chi connectivity index (χ4v) is 1.09. The van der Waals surface area contributed by atoms with E-state index in [1.54, 1.807) is 6.07 Å². The van der Waals surface area contributed by atoms with Crippen molar-refractivity contribution in [1.29, 1.82) is 5.26 Å². The molecule has 1 aromatic heterocycles. The zero-order valence-electron chi connectivity index (χ0n) is 8.04. The van der Waals surface area contributed by atoms with Crippen LogP contribution in [0.3, 0.4) is 0 Å². The number of primary amides is 1. The highest BCUT2D eigenvalue weighted by atomic mass is 16.3. The average molecular weight is 223 g/mol. The van der Waals surface area contributed by atoms with Gasteiger partial charge in [0.25, 0.3) is 5.56 Å². The molecule has 84 valence electrons. The molecule has 0 aliphatic carbocycles. The van der Waals surface area contributed by atoms with Crippen molar-refractivity contribution >= 4 is 5.91 Å². The minimum Gasteiger partial charge on any atom is -0.385 e. The van der Waals surface area contributed by atoms with Crippen LogP contribution in [0, 0.1) is 11.3 Å². The second-order valence-corrected chi connectivity index (χ2v) is 3.08. The van der Waals surface area contributed by atoms with Gasteiger partial charge in [-0.05, 0) is 6.07 Å². The van der Waals surface area contributed by atoms with Crippen LogP contribution in [0.4, 0.5) is 0 Å². The van der Waals surface area contributed by atoms with Gasteiger partial charge >= 0.3 is 0 Å². The zero-order chi connectivity index (χ0) is 12.3. The maximum Gasteiger partial charge on any atom is 0.265 e. The third-order valence-corrected chi connectivity index (χ3v) is 1.98. The van der Waals surface area contributed by atoms with E-state index in [-0.39, 0.29) is 11.1 Å². The quantitative estimate of drug-likeness (QED) is 0.475. The van der Waals surface area contributed by atoms with Gasteiger partial charge in [-0.3, -0.25) is 9.59 Å². The fourth-order valence-electron chi connectivity index (χ4n) is 1.09. The van der Waals surface area contributed by atoms with Gasteiger partial charge in [0.1, 0.15) is 17.7 Å². The summed E-state index contributed by atoms with van der Waals surface area (Å²) in [5.41, 5.74) is 3.97. The van der Waals surface area contributed by atoms with Crippen LogP contribution in [0.15, 0.2) is 17.1 Å². The summed E-state index contributed by atoms with van der Waals surface area (Å²) >= 11 is 0. The lowest BCUT2D eigenvalue weighted by atomic mass is 10.0. The highest BCUT2D eigenvalue weighted by Gasteiger charge is 2.24. The molecule has 7 heteroatoms. The number of rotatable bonds is 3. The first-order valence-corrected chi connectivity index (χ1v) is 4.25. The summed E-state index contributed by atoms with van der Waals surface area (Å²) in [5, 5.41) is 27.2. The lowest BCUT2D eigenvalue weighted by Gasteiger charge is -2.14. The molecular formula is C9H9N3O4. The van der Waals surface area contributed by atoms with Gasteiger partial charge in [0.2, 0.25) is 5.91 Å². The number of hydrogen-bond acceptors (Lipinski definition) is 5. The Labute approximate surface area is 89.8 Å². The summed E-state index contributed by atoms with van der Waals surface area (Å²) < 4.78 is 0. The Bertz CT molecular complexity index is 502. The summed E-state index contributed by atoms with van der Waals surface area (Å²) in [5.74, 6) is -1.10. The SMILES string of the molecule is N#Cc1cc(C(O)C(O)C(N)=O)c[nH]c1=O. The molecule has 1 amide bonds. The molecule has 7 nitrogen and oxygen atoms in total. The molecule has 0 aromatic carbocycles. The summed E-state index contributed by atoms with van der Waals surface area (Å²) in [7, 11) is 0. The number of aliphatic hydroxyl groups is 2. The van der Waals surface area contributed by atoms with Crippen LogP contribution in [0.25, 0.3) is 0 Å². The minimum absolute atomic E-state index is 0.0300. The topological polar surface area (TPSA) is 140 Å². The van der Waals surface area contributed by atoms with Gasteiger partial charge in [-0.25, -0.2) is 0 Å². The van der Waals surface area contributed by atoms with E-state index >= 15 is 0 Å². The number of nitrogens with zero attached hydrogens (tertiary/aromatic N) is 1. The van der Waals surface area contributed by atoms with Gasteiger partial charge in [0, 0.05) is 11.8 Å². The molecule has 0 spiro atoms. The van der Waals surface area contributed by atoms with Crippen molar-refractivity contribution in [2.75, 3.05) is 0 Å². The predicted octanol–water partition coefficient (Wildman–Crippen LogP) is -1.87. The molecule has 2 atom stereocenters. The number of nitrogens with two attached hydrogens (primary N) is 1. The highest BCUT2D eigenvalue weighted by molar-refractivity contribution is 5.79. The Morgan fingerprint density at radius 1 is 1.56 bits per heavy atom. The normalized spacial score (nSPS) is 13.8. The molecule has 1 rings (SSSR count). The molecular weight excluding hydrogens is 214 g/mol. The molecule has 16 heavy (non-hydrogen) atoms. The summed E-state index contributed by atoms with van der Waals surface area (Å²) in [4.78, 5) is 23.8. The van der Waals surface area contributed by atoms with Crippen molar-refractivity contribution in [3.63, 3.8) is 0 Å². The van der Waals surface area contributed by atoms with E-state index in [1.165, 1.54) is 0 Å². The van der Waals surface area contributed by atoms with Gasteiger partial charge in [-0.15, -0.1) is 0 Å². The maximum absolute atomic E-state index is 11.0. The Balaban J connectivity index is 3.11. The number of amides is 1. The van der Waals surface area contributed by atoms with Gasteiger partial charge in [0.05, 0.1) is 0 Å². The first-order valence-electron chi connectivity index (χ1n) is 4.25. The fraction of sp³-hybridized carbons (Fsp3) is 0.222. The molecule has 0 radical (unpaired) electrons. The van der Waals surface area contributed by atoms with Crippen LogP contribution in [0.2, 0.25) is 0 Å². The number of hydrogen-bond donors (Lipinski definition) is 4. The van der Waals surface area contributed by atoms with Crippen molar-refractivity contribution in [3.05, 3.63) is 33.7 Å². The zero-order valence-corrected chi connectivity index (χ0v) is 8.04. The third kappa shape index (κ3) is 2.25. The minimum atomic E-state index is -1.79. The van der Waals surface area contributed by atoms with E-state index < -0.39 is 23.7 Å². The first-order chi connectivity index (χ1) is 7.47. The van der Waals surface area contributed by atoms with Crippen molar-refractivity contribution in [2.45, 2.75) is 12.2 Å². The van der Waals surface area contributed by atoms with Crippen LogP contribution in [-0.4, -0.2) is 27.2 Å². The predicted molar refractivity (Wildman–Crippen MR) is 51.9 cm³/mol. The average Bonchev–Trinajstić information content (AvgIpc) is 2.27. The first kappa shape index (κ1) is 11.9. The lowest BCUT2D eigenvalue weighted by molar-refractivity contribution is -0.131. The largest absolute Gasteiger partial charge is 0.385 e. The van der Waals surface area contributed by atoms with E-state index in [0.717, 1.165) is 12.3 Å². The van der Waals surface area contributed by atoms with Crippen LogP contribution in [-0.2, 0) is 4.79 Å². The molecule has 0 aliphatic rings. The third-order valence-electron chi connectivity index (χ3n) is 1.98. The molecule has 1 heterocycles. The number of aliphatic hydroxyl groups excluding tert-OH is 2. The molecule has 1 aromatic rings. The number of pyridine rings is 1. The second kappa shape index (κ2) is 4.57. The van der Waals surface area contributed by atoms with Crippen molar-refractivity contribution < 1.29 is 15.0 Å². The molecule has 0 saturated carbocycles. The van der Waals surface area contributed by atoms with Gasteiger partial charge in [0.15, 0.2) is 6.10 Å². The van der Waals surface area contributed by atoms with Crippen molar-refractivity contribution in [2.24, 2.45) is 5.73 Å². The van der Waals surface area contributed by atoms with E-state index in [4.69, 9.17) is 11.0 Å². The van der Waals surface area contributed by atoms with E-state index in [9.17, 15) is 19.8 Å². The molecule has 5 N–H and O–H groups in total. The Morgan fingerprint density at radius 2 is 2.19 bits per heavy atom. The van der Waals surface area contributed by atoms with E-state index in [0.29, 0.717) is 0 Å². The molecule has 2 unspecified atom stereocenters. The maximum atomic E-state index is 11.0. The van der Waals surface area contributed by atoms with Crippen LogP contribution in [0.1, 0.15) is 17.2 Å². The number of nitrogens with one attached hydrogen (secondary N) is 1. The van der Waals surface area contributed by atoms with Gasteiger partial charge in [-0.1, -0.05) is 0 Å². The Morgan fingerprint density at radius 3 is 2.69 bits per heavy atom. The smallest absolute Gasteiger partial charge is 0.265 e. The van der Waals surface area contributed by atoms with E-state index in [1.807, 2.05) is 0 Å². The number of H-pyrrole nitrogens is 1. The summed E-state index contributed by atoms with van der Waals surface area (Å²) in [6, 6.07) is 2.69. The van der Waals surface area contributed by atoms with E-state index in [2.05, 4.69) is 4.98 Å². The standard InChI is InChI=1S/C9H9N3O4/c10-2-4-1-5(3-12-9(4)16)6(13)7(14)8(11)15/h1,3,6-7,13-14H,(H2,11,15)(H,12,16). The monoisotopic (exact) mass is 223 g/mol. The Hall–Kier alpha value is -2.17. The van der Waals surface area contributed by atoms with Crippen LogP contribution < -0.4 is 11.3 Å². The number of carbonyl (C=O) groups is 1.